The topological polar surface area (TPSA) is 83.0 Å². The van der Waals surface area contributed by atoms with Gasteiger partial charge >= 0.3 is 0 Å². The van der Waals surface area contributed by atoms with E-state index in [9.17, 15) is 15.2 Å². The van der Waals surface area contributed by atoms with Crippen LogP contribution in [0.2, 0.25) is 0 Å². The van der Waals surface area contributed by atoms with Gasteiger partial charge in [-0.25, -0.2) is 0 Å². The summed E-state index contributed by atoms with van der Waals surface area (Å²) in [5.74, 6) is -0.251. The van der Waals surface area contributed by atoms with Gasteiger partial charge in [0.1, 0.15) is 6.04 Å². The maximum absolute atomic E-state index is 11.9. The predicted molar refractivity (Wildman–Crippen MR) is 94.1 cm³/mol. The van der Waals surface area contributed by atoms with Gasteiger partial charge in [-0.2, -0.15) is 0 Å². The van der Waals surface area contributed by atoms with Crippen LogP contribution in [0, 0.1) is 10.1 Å². The van der Waals surface area contributed by atoms with Gasteiger partial charge in [-0.15, -0.1) is 0 Å². The summed E-state index contributed by atoms with van der Waals surface area (Å²) in [5, 5.41) is 22.7. The van der Waals surface area contributed by atoms with E-state index in [4.69, 9.17) is 0 Å². The van der Waals surface area contributed by atoms with Crippen molar-refractivity contribution in [2.24, 2.45) is 4.99 Å². The average molecular weight is 339 g/mol. The number of quaternary nitrogens is 1. The van der Waals surface area contributed by atoms with E-state index in [1.54, 1.807) is 0 Å². The average Bonchev–Trinajstić information content (AvgIpc) is 3.15. The Morgan fingerprint density at radius 2 is 1.88 bits per heavy atom. The lowest BCUT2D eigenvalue weighted by atomic mass is 10.1. The quantitative estimate of drug-likeness (QED) is 0.492. The van der Waals surface area contributed by atoms with Crippen molar-refractivity contribution in [3.63, 3.8) is 0 Å². The monoisotopic (exact) mass is 339 g/mol. The molecule has 0 bridgehead atoms. The molecule has 1 atom stereocenters. The van der Waals surface area contributed by atoms with Crippen molar-refractivity contribution in [1.29, 1.82) is 0 Å². The normalized spacial score (nSPS) is 16.3. The summed E-state index contributed by atoms with van der Waals surface area (Å²) in [7, 11) is 0. The summed E-state index contributed by atoms with van der Waals surface area (Å²) >= 11 is 0. The van der Waals surface area contributed by atoms with Gasteiger partial charge in [-0.1, -0.05) is 42.1 Å². The van der Waals surface area contributed by atoms with Crippen molar-refractivity contribution < 1.29 is 14.9 Å². The molecule has 1 N–H and O–H groups in total. The summed E-state index contributed by atoms with van der Waals surface area (Å²) in [6.07, 6.45) is 3.91. The van der Waals surface area contributed by atoms with Gasteiger partial charge in [-0.05, 0) is 5.56 Å². The molecule has 1 saturated heterocycles. The fourth-order valence-corrected chi connectivity index (χ4v) is 3.34. The van der Waals surface area contributed by atoms with Crippen LogP contribution in [0.25, 0.3) is 0 Å². The molecule has 1 heterocycles. The van der Waals surface area contributed by atoms with E-state index < -0.39 is 4.92 Å². The zero-order chi connectivity index (χ0) is 17.6. The number of nitrogens with one attached hydrogen (secondary N) is 1. The second kappa shape index (κ2) is 7.90. The predicted octanol–water partition coefficient (Wildman–Crippen LogP) is 1.51. The molecule has 0 aliphatic carbocycles. The second-order valence-corrected chi connectivity index (χ2v) is 6.30. The van der Waals surface area contributed by atoms with Crippen molar-refractivity contribution >= 4 is 11.9 Å². The number of nitro groups is 1. The van der Waals surface area contributed by atoms with Crippen LogP contribution in [0.1, 0.15) is 30.0 Å². The minimum Gasteiger partial charge on any atom is -0.872 e. The van der Waals surface area contributed by atoms with Crippen molar-refractivity contribution in [1.82, 2.24) is 0 Å². The lowest BCUT2D eigenvalue weighted by Gasteiger charge is -2.23. The van der Waals surface area contributed by atoms with Gasteiger partial charge in [0.15, 0.2) is 0 Å². The fourth-order valence-electron chi connectivity index (χ4n) is 3.34. The SMILES string of the molecule is O=[N+]([O-])c1ccc([O-])c(C=NC[C@H](c2ccccc2)[NH+]2CCCC2)c1. The summed E-state index contributed by atoms with van der Waals surface area (Å²) < 4.78 is 0. The Bertz CT molecular complexity index is 756. The molecule has 6 nitrogen and oxygen atoms in total. The van der Waals surface area contributed by atoms with E-state index >= 15 is 0 Å². The van der Waals surface area contributed by atoms with Crippen molar-refractivity contribution in [3.8, 4) is 5.75 Å². The standard InChI is InChI=1S/C19H21N3O3/c23-19-9-8-17(22(24)25)12-16(19)13-20-14-18(21-10-4-5-11-21)15-6-2-1-3-7-15/h1-3,6-9,12-13,18,23H,4-5,10-11,14H2/t18-/m1/s1. The Kier molecular flexibility index (Phi) is 5.40. The maximum Gasteiger partial charge on any atom is 0.270 e. The number of benzene rings is 2. The zero-order valence-corrected chi connectivity index (χ0v) is 13.9. The van der Waals surface area contributed by atoms with E-state index in [2.05, 4.69) is 17.1 Å². The van der Waals surface area contributed by atoms with Gasteiger partial charge in [0.2, 0.25) is 0 Å². The Morgan fingerprint density at radius 1 is 1.16 bits per heavy atom. The molecule has 2 aromatic rings. The number of nitrogens with zero attached hydrogens (tertiary/aromatic N) is 2. The lowest BCUT2D eigenvalue weighted by Crippen LogP contribution is -3.10. The molecule has 25 heavy (non-hydrogen) atoms. The van der Waals surface area contributed by atoms with Crippen LogP contribution in [0.3, 0.4) is 0 Å². The number of non-ortho nitro benzene ring substituents is 1. The summed E-state index contributed by atoms with van der Waals surface area (Å²) in [6.45, 7) is 2.80. The van der Waals surface area contributed by atoms with Crippen LogP contribution in [0.5, 0.6) is 5.75 Å². The summed E-state index contributed by atoms with van der Waals surface area (Å²) in [4.78, 5) is 16.3. The Hall–Kier alpha value is -2.73. The van der Waals surface area contributed by atoms with E-state index in [0.29, 0.717) is 6.54 Å². The first-order chi connectivity index (χ1) is 12.1. The number of aliphatic imine (C=N–C) groups is 1. The summed E-state index contributed by atoms with van der Waals surface area (Å²) in [5.41, 5.74) is 1.40. The molecular weight excluding hydrogens is 318 g/mol. The van der Waals surface area contributed by atoms with Crippen molar-refractivity contribution in [2.45, 2.75) is 18.9 Å². The minimum absolute atomic E-state index is 0.0918. The van der Waals surface area contributed by atoms with Gasteiger partial charge in [0.25, 0.3) is 5.69 Å². The lowest BCUT2D eigenvalue weighted by molar-refractivity contribution is -0.918. The molecule has 1 fully saturated rings. The highest BCUT2D eigenvalue weighted by molar-refractivity contribution is 5.84. The molecule has 0 aromatic heterocycles. The highest BCUT2D eigenvalue weighted by Crippen LogP contribution is 2.19. The number of nitro benzene ring substituents is 1. The number of hydrogen-bond donors (Lipinski definition) is 1. The first kappa shape index (κ1) is 17.1. The third-order valence-corrected chi connectivity index (χ3v) is 4.66. The smallest absolute Gasteiger partial charge is 0.270 e. The van der Waals surface area contributed by atoms with Gasteiger partial charge < -0.3 is 10.0 Å². The molecule has 0 unspecified atom stereocenters. The first-order valence-electron chi connectivity index (χ1n) is 8.50. The molecule has 1 aliphatic rings. The molecule has 0 saturated carbocycles. The Balaban J connectivity index is 1.78. The Labute approximate surface area is 146 Å². The zero-order valence-electron chi connectivity index (χ0n) is 13.9. The van der Waals surface area contributed by atoms with E-state index in [1.165, 1.54) is 47.7 Å². The van der Waals surface area contributed by atoms with Gasteiger partial charge in [-0.3, -0.25) is 15.1 Å². The summed E-state index contributed by atoms with van der Waals surface area (Å²) in [6, 6.07) is 14.2. The highest BCUT2D eigenvalue weighted by atomic mass is 16.6. The van der Waals surface area contributed by atoms with Crippen LogP contribution in [-0.4, -0.2) is 30.8 Å². The van der Waals surface area contributed by atoms with Crippen LogP contribution < -0.4 is 10.0 Å². The number of likely N-dealkylation sites (tertiary alicyclic amines) is 1. The van der Waals surface area contributed by atoms with E-state index in [-0.39, 0.29) is 23.0 Å². The molecule has 3 rings (SSSR count). The molecule has 6 heteroatoms. The van der Waals surface area contributed by atoms with Crippen LogP contribution >= 0.6 is 0 Å². The first-order valence-corrected chi connectivity index (χ1v) is 8.50. The van der Waals surface area contributed by atoms with Gasteiger partial charge in [0.05, 0.1) is 24.6 Å². The van der Waals surface area contributed by atoms with E-state index in [1.807, 2.05) is 18.2 Å². The molecule has 0 spiro atoms. The van der Waals surface area contributed by atoms with Crippen molar-refractivity contribution in [3.05, 3.63) is 69.8 Å². The fraction of sp³-hybridized carbons (Fsp3) is 0.316. The molecule has 1 aliphatic heterocycles. The molecular formula is C19H21N3O3. The second-order valence-electron chi connectivity index (χ2n) is 6.30. The third-order valence-electron chi connectivity index (χ3n) is 4.66. The highest BCUT2D eigenvalue weighted by Gasteiger charge is 2.26. The maximum atomic E-state index is 11.9. The largest absolute Gasteiger partial charge is 0.872 e. The number of rotatable bonds is 6. The Morgan fingerprint density at radius 3 is 2.56 bits per heavy atom. The number of hydrogen-bond acceptors (Lipinski definition) is 4. The third kappa shape index (κ3) is 4.22. The molecule has 130 valence electrons. The molecule has 0 radical (unpaired) electrons. The molecule has 0 amide bonds. The van der Waals surface area contributed by atoms with E-state index in [0.717, 1.165) is 13.1 Å². The van der Waals surface area contributed by atoms with Crippen molar-refractivity contribution in [2.75, 3.05) is 19.6 Å². The van der Waals surface area contributed by atoms with Gasteiger partial charge in [0, 0.05) is 36.8 Å². The molecule has 2 aromatic carbocycles. The van der Waals surface area contributed by atoms with Crippen LogP contribution in [0.4, 0.5) is 5.69 Å². The minimum atomic E-state index is -0.502. The van der Waals surface area contributed by atoms with Crippen LogP contribution in [-0.2, 0) is 0 Å². The van der Waals surface area contributed by atoms with Crippen LogP contribution in [0.15, 0.2) is 53.5 Å².